The number of benzene rings is 2. The molecule has 4 nitrogen and oxygen atoms in total. The van der Waals surface area contributed by atoms with Gasteiger partial charge >= 0.3 is 11.9 Å². The highest BCUT2D eigenvalue weighted by Gasteiger charge is 2.95. The van der Waals surface area contributed by atoms with E-state index in [9.17, 15) is 9.59 Å². The zero-order valence-electron chi connectivity index (χ0n) is 14.0. The minimum Gasteiger partial charge on any atom is -0.469 e. The van der Waals surface area contributed by atoms with Crippen LogP contribution in [0.25, 0.3) is 0 Å². The van der Waals surface area contributed by atoms with Crippen molar-refractivity contribution in [3.8, 4) is 0 Å². The van der Waals surface area contributed by atoms with Crippen LogP contribution in [0.1, 0.15) is 34.1 Å². The Kier molecular flexibility index (Phi) is 2.99. The smallest absolute Gasteiger partial charge is 0.318 e. The number of fused-ring (bicyclic) bond motifs is 7. The number of halogens is 2. The van der Waals surface area contributed by atoms with Crippen LogP contribution in [0.2, 0.25) is 10.0 Å². The van der Waals surface area contributed by atoms with E-state index in [2.05, 4.69) is 0 Å². The largest absolute Gasteiger partial charge is 0.469 e. The fourth-order valence-corrected chi connectivity index (χ4v) is 6.39. The van der Waals surface area contributed by atoms with Gasteiger partial charge in [-0.2, -0.15) is 0 Å². The van der Waals surface area contributed by atoms with Gasteiger partial charge in [-0.05, 0) is 34.4 Å². The van der Waals surface area contributed by atoms with E-state index in [1.807, 2.05) is 24.3 Å². The molecule has 0 bridgehead atoms. The van der Waals surface area contributed by atoms with Crippen LogP contribution in [0.4, 0.5) is 0 Å². The highest BCUT2D eigenvalue weighted by Crippen LogP contribution is 2.90. The normalized spacial score (nSPS) is 31.7. The molecule has 3 aliphatic rings. The summed E-state index contributed by atoms with van der Waals surface area (Å²) in [5, 5.41) is 1.03. The molecule has 26 heavy (non-hydrogen) atoms. The molecular weight excluding hydrogens is 375 g/mol. The van der Waals surface area contributed by atoms with Gasteiger partial charge in [0.15, 0.2) is 0 Å². The summed E-state index contributed by atoms with van der Waals surface area (Å²) >= 11 is 13.1. The molecule has 2 aromatic rings. The van der Waals surface area contributed by atoms with Crippen LogP contribution in [0.15, 0.2) is 36.4 Å². The number of methoxy groups -OCH3 is 2. The van der Waals surface area contributed by atoms with Gasteiger partial charge in [0.05, 0.1) is 14.2 Å². The molecule has 6 heteroatoms. The van der Waals surface area contributed by atoms with Crippen LogP contribution in [0.3, 0.4) is 0 Å². The van der Waals surface area contributed by atoms with Crippen molar-refractivity contribution < 1.29 is 19.1 Å². The fraction of sp³-hybridized carbons (Fsp3) is 0.300. The van der Waals surface area contributed by atoms with E-state index in [0.717, 1.165) is 16.7 Å². The molecule has 0 N–H and O–H groups in total. The molecule has 5 rings (SSSR count). The van der Waals surface area contributed by atoms with Gasteiger partial charge in [-0.3, -0.25) is 9.59 Å². The summed E-state index contributed by atoms with van der Waals surface area (Å²) in [5.41, 5.74) is 1.04. The Morgan fingerprint density at radius 3 is 2.19 bits per heavy atom. The van der Waals surface area contributed by atoms with Crippen molar-refractivity contribution in [1.82, 2.24) is 0 Å². The van der Waals surface area contributed by atoms with Gasteiger partial charge in [0.1, 0.15) is 10.8 Å². The van der Waals surface area contributed by atoms with Gasteiger partial charge in [0.25, 0.3) is 0 Å². The number of hydrogen-bond acceptors (Lipinski definition) is 4. The van der Waals surface area contributed by atoms with Crippen LogP contribution in [-0.4, -0.2) is 26.2 Å². The second-order valence-electron chi connectivity index (χ2n) is 6.97. The van der Waals surface area contributed by atoms with Crippen molar-refractivity contribution in [2.24, 2.45) is 5.41 Å². The molecule has 0 aliphatic heterocycles. The summed E-state index contributed by atoms with van der Waals surface area (Å²) in [4.78, 5) is 26.2. The Balaban J connectivity index is 1.95. The van der Waals surface area contributed by atoms with E-state index in [4.69, 9.17) is 32.7 Å². The summed E-state index contributed by atoms with van der Waals surface area (Å²) in [6, 6.07) is 11.0. The Morgan fingerprint density at radius 2 is 1.54 bits per heavy atom. The maximum Gasteiger partial charge on any atom is 0.318 e. The number of carbonyl (C=O) groups is 2. The SMILES string of the molecule is COC(=O)C12c3c(Cl)cccc3C3c4c(Cl)cccc4C1[C@]32C(=O)OC. The van der Waals surface area contributed by atoms with Crippen LogP contribution in [-0.2, 0) is 24.5 Å². The predicted octanol–water partition coefficient (Wildman–Crippen LogP) is 3.82. The average molecular weight is 389 g/mol. The van der Waals surface area contributed by atoms with E-state index in [0.29, 0.717) is 15.6 Å². The molecule has 3 unspecified atom stereocenters. The third kappa shape index (κ3) is 1.34. The minimum atomic E-state index is -1.16. The zero-order chi connectivity index (χ0) is 18.4. The van der Waals surface area contributed by atoms with Crippen molar-refractivity contribution in [2.45, 2.75) is 17.3 Å². The predicted molar refractivity (Wildman–Crippen MR) is 95.6 cm³/mol. The van der Waals surface area contributed by atoms with Gasteiger partial charge in [-0.25, -0.2) is 0 Å². The van der Waals surface area contributed by atoms with E-state index in [1.165, 1.54) is 14.2 Å². The van der Waals surface area contributed by atoms with Gasteiger partial charge in [0.2, 0.25) is 0 Å². The average Bonchev–Trinajstić information content (AvgIpc) is 3.05. The second-order valence-corrected chi connectivity index (χ2v) is 7.79. The highest BCUT2D eigenvalue weighted by molar-refractivity contribution is 6.33. The molecular formula is C20H14Cl2O4. The minimum absolute atomic E-state index is 0.378. The van der Waals surface area contributed by atoms with Gasteiger partial charge in [-0.1, -0.05) is 47.5 Å². The number of ether oxygens (including phenoxy) is 2. The van der Waals surface area contributed by atoms with E-state index >= 15 is 0 Å². The van der Waals surface area contributed by atoms with Crippen molar-refractivity contribution in [3.63, 3.8) is 0 Å². The van der Waals surface area contributed by atoms with Crippen LogP contribution < -0.4 is 0 Å². The second kappa shape index (κ2) is 4.81. The molecule has 132 valence electrons. The molecule has 1 fully saturated rings. The lowest BCUT2D eigenvalue weighted by molar-refractivity contribution is -0.154. The summed E-state index contributed by atoms with van der Waals surface area (Å²) in [5.74, 6) is -1.66. The standard InChI is InChI=1S/C20H14Cl2O4/c1-25-17(23)19-14-10(6-4-8-12(14)22)15-13-9(5-3-7-11(13)21)16(19)20(15,19)18(24)26-2/h3-8,15-16H,1-2H3/t15?,16?,19?,20-/m0/s1. The van der Waals surface area contributed by atoms with Crippen molar-refractivity contribution >= 4 is 35.1 Å². The molecule has 3 aliphatic carbocycles. The lowest BCUT2D eigenvalue weighted by Crippen LogP contribution is -2.34. The lowest BCUT2D eigenvalue weighted by atomic mass is 9.82. The van der Waals surface area contributed by atoms with Gasteiger partial charge in [-0.15, -0.1) is 0 Å². The van der Waals surface area contributed by atoms with E-state index in [-0.39, 0.29) is 11.8 Å². The Bertz CT molecular complexity index is 1020. The lowest BCUT2D eigenvalue weighted by Gasteiger charge is -2.22. The van der Waals surface area contributed by atoms with Crippen LogP contribution in [0, 0.1) is 5.41 Å². The molecule has 0 heterocycles. The maximum absolute atomic E-state index is 13.1. The zero-order valence-corrected chi connectivity index (χ0v) is 15.5. The van der Waals surface area contributed by atoms with Crippen molar-refractivity contribution in [1.29, 1.82) is 0 Å². The number of carbonyl (C=O) groups excluding carboxylic acids is 2. The maximum atomic E-state index is 13.1. The third-order valence-electron chi connectivity index (χ3n) is 6.38. The Labute approximate surface area is 160 Å². The Hall–Kier alpha value is -2.04. The van der Waals surface area contributed by atoms with Crippen molar-refractivity contribution in [3.05, 3.63) is 68.7 Å². The first-order valence-corrected chi connectivity index (χ1v) is 8.99. The summed E-state index contributed by atoms with van der Waals surface area (Å²) < 4.78 is 10.4. The van der Waals surface area contributed by atoms with Gasteiger partial charge < -0.3 is 9.47 Å². The van der Waals surface area contributed by atoms with E-state index in [1.54, 1.807) is 12.1 Å². The fourth-order valence-electron chi connectivity index (χ4n) is 5.77. The first kappa shape index (κ1) is 16.2. The van der Waals surface area contributed by atoms with Gasteiger partial charge in [0, 0.05) is 21.9 Å². The third-order valence-corrected chi connectivity index (χ3v) is 7.03. The first-order valence-electron chi connectivity index (χ1n) is 8.23. The molecule has 0 saturated heterocycles. The summed E-state index contributed by atoms with van der Waals surface area (Å²) in [6.45, 7) is 0. The van der Waals surface area contributed by atoms with Crippen molar-refractivity contribution in [2.75, 3.05) is 14.2 Å². The van der Waals surface area contributed by atoms with Crippen LogP contribution in [0.5, 0.6) is 0 Å². The molecule has 0 amide bonds. The molecule has 0 aromatic heterocycles. The van der Waals surface area contributed by atoms with E-state index < -0.39 is 22.8 Å². The molecule has 1 saturated carbocycles. The summed E-state index contributed by atoms with van der Waals surface area (Å²) in [7, 11) is 2.67. The van der Waals surface area contributed by atoms with Crippen LogP contribution >= 0.6 is 23.2 Å². The molecule has 0 spiro atoms. The quantitative estimate of drug-likeness (QED) is 0.733. The topological polar surface area (TPSA) is 52.6 Å². The molecule has 2 aromatic carbocycles. The number of hydrogen-bond donors (Lipinski definition) is 0. The molecule has 0 radical (unpaired) electrons. The molecule has 4 atom stereocenters. The summed E-state index contributed by atoms with van der Waals surface area (Å²) in [6.07, 6.45) is 0. The highest BCUT2D eigenvalue weighted by atomic mass is 35.5. The first-order chi connectivity index (χ1) is 12.5. The monoisotopic (exact) mass is 388 g/mol. The number of esters is 2. The number of rotatable bonds is 2. The Morgan fingerprint density at radius 1 is 0.923 bits per heavy atom.